The van der Waals surface area contributed by atoms with E-state index in [2.05, 4.69) is 15.0 Å². The first-order valence-corrected chi connectivity index (χ1v) is 10.3. The van der Waals surface area contributed by atoms with E-state index >= 15 is 0 Å². The summed E-state index contributed by atoms with van der Waals surface area (Å²) in [5.41, 5.74) is 2.91. The summed E-state index contributed by atoms with van der Waals surface area (Å²) in [5, 5.41) is 2.57. The molecule has 0 saturated carbocycles. The molecule has 8 heteroatoms. The number of hydrogen-bond donors (Lipinski definition) is 2. The van der Waals surface area contributed by atoms with Gasteiger partial charge in [0.25, 0.3) is 10.0 Å². The molecule has 0 saturated heterocycles. The zero-order chi connectivity index (χ0) is 20.9. The normalized spacial score (nSPS) is 11.0. The number of carbonyl (C=O) groups excluding carboxylic acids is 1. The number of ether oxygens (including phenoxy) is 1. The second-order valence-corrected chi connectivity index (χ2v) is 8.06. The Labute approximate surface area is 169 Å². The largest absolute Gasteiger partial charge is 0.495 e. The Kier molecular flexibility index (Phi) is 6.13. The molecular weight excluding hydrogens is 390 g/mol. The number of amides is 1. The Morgan fingerprint density at radius 2 is 1.66 bits per heavy atom. The van der Waals surface area contributed by atoms with Crippen molar-refractivity contribution >= 4 is 27.3 Å². The van der Waals surface area contributed by atoms with E-state index in [-0.39, 0.29) is 16.5 Å². The molecule has 0 spiro atoms. The molecule has 2 N–H and O–H groups in total. The maximum atomic E-state index is 12.7. The lowest BCUT2D eigenvalue weighted by Gasteiger charge is -2.13. The number of nitrogens with zero attached hydrogens (tertiary/aromatic N) is 1. The van der Waals surface area contributed by atoms with Crippen molar-refractivity contribution in [1.82, 2.24) is 4.98 Å². The first kappa shape index (κ1) is 20.3. The van der Waals surface area contributed by atoms with Gasteiger partial charge >= 0.3 is 0 Å². The molecule has 29 heavy (non-hydrogen) atoms. The van der Waals surface area contributed by atoms with Gasteiger partial charge in [0.1, 0.15) is 5.75 Å². The highest BCUT2D eigenvalue weighted by atomic mass is 32.2. The Bertz CT molecular complexity index is 1100. The van der Waals surface area contributed by atoms with E-state index in [0.29, 0.717) is 11.4 Å². The van der Waals surface area contributed by atoms with E-state index in [4.69, 9.17) is 4.74 Å². The molecule has 2 aromatic carbocycles. The maximum Gasteiger partial charge on any atom is 0.261 e. The number of anilines is 2. The lowest BCUT2D eigenvalue weighted by Crippen LogP contribution is -2.14. The highest BCUT2D eigenvalue weighted by Crippen LogP contribution is 2.28. The van der Waals surface area contributed by atoms with Gasteiger partial charge in [-0.15, -0.1) is 0 Å². The highest BCUT2D eigenvalue weighted by molar-refractivity contribution is 7.92. The quantitative estimate of drug-likeness (QED) is 0.621. The minimum absolute atomic E-state index is 0.0166. The number of rotatable bonds is 7. The molecule has 3 rings (SSSR count). The third-order valence-electron chi connectivity index (χ3n) is 4.16. The summed E-state index contributed by atoms with van der Waals surface area (Å²) in [6, 6.07) is 15.3. The third-order valence-corrected chi connectivity index (χ3v) is 5.53. The van der Waals surface area contributed by atoms with Gasteiger partial charge in [0.2, 0.25) is 5.91 Å². The second kappa shape index (κ2) is 8.74. The Morgan fingerprint density at radius 1 is 1.00 bits per heavy atom. The number of benzene rings is 2. The van der Waals surface area contributed by atoms with E-state index in [1.54, 1.807) is 24.5 Å². The molecule has 0 aliphatic rings. The topological polar surface area (TPSA) is 97.4 Å². The van der Waals surface area contributed by atoms with Crippen LogP contribution in [0, 0.1) is 0 Å². The summed E-state index contributed by atoms with van der Waals surface area (Å²) in [6.07, 6.45) is 4.21. The number of sulfonamides is 1. The monoisotopic (exact) mass is 411 g/mol. The van der Waals surface area contributed by atoms with Gasteiger partial charge in [0.05, 0.1) is 17.7 Å². The molecule has 7 nitrogen and oxygen atoms in total. The predicted octanol–water partition coefficient (Wildman–Crippen LogP) is 3.44. The van der Waals surface area contributed by atoms with Crippen molar-refractivity contribution in [1.29, 1.82) is 0 Å². The molecule has 3 aromatic rings. The fraction of sp³-hybridized carbons (Fsp3) is 0.143. The summed E-state index contributed by atoms with van der Waals surface area (Å²) in [5.74, 6) is 0.0511. The van der Waals surface area contributed by atoms with Crippen LogP contribution in [0.4, 0.5) is 11.4 Å². The molecule has 0 atom stereocenters. The minimum atomic E-state index is -3.83. The van der Waals surface area contributed by atoms with Crippen LogP contribution in [0.5, 0.6) is 5.75 Å². The molecule has 0 bridgehead atoms. The van der Waals surface area contributed by atoms with Gasteiger partial charge in [-0.1, -0.05) is 12.1 Å². The van der Waals surface area contributed by atoms with Crippen LogP contribution in [0.25, 0.3) is 0 Å². The summed E-state index contributed by atoms with van der Waals surface area (Å²) in [4.78, 5) is 15.4. The Balaban J connectivity index is 1.77. The summed E-state index contributed by atoms with van der Waals surface area (Å²) >= 11 is 0. The number of nitrogens with one attached hydrogen (secondary N) is 2. The first-order chi connectivity index (χ1) is 13.9. The Hall–Kier alpha value is -3.39. The lowest BCUT2D eigenvalue weighted by molar-refractivity contribution is -0.114. The van der Waals surface area contributed by atoms with Gasteiger partial charge in [-0.25, -0.2) is 8.42 Å². The standard InChI is InChI=1S/C21H21N3O4S/c1-15(25)23-20-14-19(7-8-21(20)28-2)29(26,27)24-18-5-3-16(4-6-18)13-17-9-11-22-12-10-17/h3-12,14,24H,13H2,1-2H3,(H,23,25). The first-order valence-electron chi connectivity index (χ1n) is 8.84. The van der Waals surface area contributed by atoms with Crippen LogP contribution in [-0.4, -0.2) is 26.4 Å². The summed E-state index contributed by atoms with van der Waals surface area (Å²) in [6.45, 7) is 1.34. The molecule has 150 valence electrons. The van der Waals surface area contributed by atoms with Crippen LogP contribution in [0.2, 0.25) is 0 Å². The third kappa shape index (κ3) is 5.32. The molecule has 1 heterocycles. The van der Waals surface area contributed by atoms with Gasteiger partial charge in [-0.2, -0.15) is 0 Å². The van der Waals surface area contributed by atoms with Crippen molar-refractivity contribution in [2.45, 2.75) is 18.2 Å². The number of carbonyl (C=O) groups is 1. The number of aromatic nitrogens is 1. The highest BCUT2D eigenvalue weighted by Gasteiger charge is 2.17. The van der Waals surface area contributed by atoms with Gasteiger partial charge in [0, 0.05) is 25.0 Å². The zero-order valence-electron chi connectivity index (χ0n) is 16.0. The van der Waals surface area contributed by atoms with E-state index in [9.17, 15) is 13.2 Å². The van der Waals surface area contributed by atoms with Crippen LogP contribution in [0.3, 0.4) is 0 Å². The van der Waals surface area contributed by atoms with Crippen molar-refractivity contribution < 1.29 is 17.9 Å². The minimum Gasteiger partial charge on any atom is -0.495 e. The van der Waals surface area contributed by atoms with Crippen molar-refractivity contribution in [2.75, 3.05) is 17.1 Å². The molecule has 1 aromatic heterocycles. The van der Waals surface area contributed by atoms with Crippen LogP contribution in [0.1, 0.15) is 18.1 Å². The van der Waals surface area contributed by atoms with Crippen LogP contribution in [-0.2, 0) is 21.2 Å². The van der Waals surface area contributed by atoms with E-state index < -0.39 is 10.0 Å². The van der Waals surface area contributed by atoms with Gasteiger partial charge in [-0.05, 0) is 60.0 Å². The fourth-order valence-electron chi connectivity index (χ4n) is 2.78. The van der Waals surface area contributed by atoms with E-state index in [1.165, 1.54) is 32.2 Å². The molecular formula is C21H21N3O4S. The van der Waals surface area contributed by atoms with Crippen molar-refractivity contribution in [3.8, 4) is 5.75 Å². The molecule has 0 fully saturated rings. The van der Waals surface area contributed by atoms with Gasteiger partial charge in [-0.3, -0.25) is 14.5 Å². The predicted molar refractivity (Wildman–Crippen MR) is 112 cm³/mol. The number of pyridine rings is 1. The molecule has 0 aliphatic heterocycles. The van der Waals surface area contributed by atoms with Crippen molar-refractivity contribution in [2.24, 2.45) is 0 Å². The molecule has 0 aliphatic carbocycles. The molecule has 0 unspecified atom stereocenters. The van der Waals surface area contributed by atoms with E-state index in [0.717, 1.165) is 17.5 Å². The average molecular weight is 411 g/mol. The maximum absolute atomic E-state index is 12.7. The molecule has 0 radical (unpaired) electrons. The SMILES string of the molecule is COc1ccc(S(=O)(=O)Nc2ccc(Cc3ccncc3)cc2)cc1NC(C)=O. The summed E-state index contributed by atoms with van der Waals surface area (Å²) in [7, 11) is -2.39. The lowest BCUT2D eigenvalue weighted by atomic mass is 10.1. The van der Waals surface area contributed by atoms with Crippen molar-refractivity contribution in [3.05, 3.63) is 78.1 Å². The zero-order valence-corrected chi connectivity index (χ0v) is 16.9. The second-order valence-electron chi connectivity index (χ2n) is 6.38. The van der Waals surface area contributed by atoms with Crippen LogP contribution < -0.4 is 14.8 Å². The van der Waals surface area contributed by atoms with Gasteiger partial charge < -0.3 is 10.1 Å². The Morgan fingerprint density at radius 3 is 2.28 bits per heavy atom. The van der Waals surface area contributed by atoms with Crippen molar-refractivity contribution in [3.63, 3.8) is 0 Å². The average Bonchev–Trinajstić information content (AvgIpc) is 2.69. The smallest absolute Gasteiger partial charge is 0.261 e. The van der Waals surface area contributed by atoms with Crippen LogP contribution in [0.15, 0.2) is 71.9 Å². The van der Waals surface area contributed by atoms with Crippen LogP contribution >= 0.6 is 0 Å². The van der Waals surface area contributed by atoms with Gasteiger partial charge in [0.15, 0.2) is 0 Å². The van der Waals surface area contributed by atoms with E-state index in [1.807, 2.05) is 24.3 Å². The summed E-state index contributed by atoms with van der Waals surface area (Å²) < 4.78 is 33.2. The molecule has 1 amide bonds. The fourth-order valence-corrected chi connectivity index (χ4v) is 3.87. The number of hydrogen-bond acceptors (Lipinski definition) is 5. The number of methoxy groups -OCH3 is 1.